The van der Waals surface area contributed by atoms with Gasteiger partial charge in [0.15, 0.2) is 0 Å². The normalized spacial score (nSPS) is 10.3. The predicted octanol–water partition coefficient (Wildman–Crippen LogP) is 2.85. The maximum absolute atomic E-state index is 11.8. The van der Waals surface area contributed by atoms with E-state index in [2.05, 4.69) is 10.3 Å². The van der Waals surface area contributed by atoms with E-state index < -0.39 is 0 Å². The molecule has 1 heterocycles. The fourth-order valence-electron chi connectivity index (χ4n) is 1.51. The third kappa shape index (κ3) is 3.55. The molecule has 0 saturated heterocycles. The van der Waals surface area contributed by atoms with E-state index in [0.29, 0.717) is 18.0 Å². The highest BCUT2D eigenvalue weighted by atomic mass is 35.5. The van der Waals surface area contributed by atoms with Crippen molar-refractivity contribution in [1.82, 2.24) is 10.3 Å². The molecular formula is C13H13ClN2OS. The molecule has 2 rings (SSSR count). The second-order valence-corrected chi connectivity index (χ2v) is 4.80. The second-order valence-electron chi connectivity index (χ2n) is 3.82. The van der Waals surface area contributed by atoms with Crippen LogP contribution in [-0.4, -0.2) is 17.4 Å². The van der Waals surface area contributed by atoms with Gasteiger partial charge in [-0.25, -0.2) is 4.98 Å². The molecule has 1 aromatic heterocycles. The maximum Gasteiger partial charge on any atom is 0.251 e. The number of benzene rings is 1. The number of alkyl halides is 1. The molecule has 0 aliphatic carbocycles. The molecule has 0 bridgehead atoms. The van der Waals surface area contributed by atoms with Crippen LogP contribution in [0.2, 0.25) is 0 Å². The molecule has 1 aromatic carbocycles. The summed E-state index contributed by atoms with van der Waals surface area (Å²) in [5, 5.41) is 4.85. The molecule has 2 aromatic rings. The quantitative estimate of drug-likeness (QED) is 0.856. The van der Waals surface area contributed by atoms with Crippen LogP contribution < -0.4 is 5.32 Å². The number of aromatic nitrogens is 1. The number of rotatable bonds is 5. The minimum atomic E-state index is -0.0636. The molecule has 3 nitrogen and oxygen atoms in total. The molecule has 18 heavy (non-hydrogen) atoms. The Morgan fingerprint density at radius 1 is 1.33 bits per heavy atom. The van der Waals surface area contributed by atoms with Crippen LogP contribution in [0.1, 0.15) is 21.6 Å². The number of halogens is 1. The van der Waals surface area contributed by atoms with Crippen molar-refractivity contribution in [2.75, 3.05) is 6.54 Å². The van der Waals surface area contributed by atoms with Crippen molar-refractivity contribution in [3.63, 3.8) is 0 Å². The van der Waals surface area contributed by atoms with E-state index in [9.17, 15) is 4.79 Å². The van der Waals surface area contributed by atoms with Crippen molar-refractivity contribution in [3.05, 3.63) is 52.0 Å². The molecule has 94 valence electrons. The Labute approximate surface area is 115 Å². The van der Waals surface area contributed by atoms with E-state index >= 15 is 0 Å². The summed E-state index contributed by atoms with van der Waals surface area (Å²) in [4.78, 5) is 16.0. The topological polar surface area (TPSA) is 42.0 Å². The Bertz CT molecular complexity index is 496. The fraction of sp³-hybridized carbons (Fsp3) is 0.231. The number of nitrogens with zero attached hydrogens (tertiary/aromatic N) is 1. The van der Waals surface area contributed by atoms with Crippen molar-refractivity contribution in [3.8, 4) is 0 Å². The maximum atomic E-state index is 11.8. The summed E-state index contributed by atoms with van der Waals surface area (Å²) in [6, 6.07) is 7.30. The first-order valence-electron chi connectivity index (χ1n) is 5.60. The van der Waals surface area contributed by atoms with Gasteiger partial charge in [-0.3, -0.25) is 4.79 Å². The van der Waals surface area contributed by atoms with E-state index in [-0.39, 0.29) is 5.91 Å². The van der Waals surface area contributed by atoms with Crippen LogP contribution in [0.3, 0.4) is 0 Å². The van der Waals surface area contributed by atoms with Gasteiger partial charge in [-0.05, 0) is 17.7 Å². The Balaban J connectivity index is 1.83. The average Bonchev–Trinajstić information content (AvgIpc) is 2.92. The van der Waals surface area contributed by atoms with Crippen LogP contribution in [0.4, 0.5) is 0 Å². The summed E-state index contributed by atoms with van der Waals surface area (Å²) >= 11 is 7.26. The standard InChI is InChI=1S/C13H13ClN2OS/c14-7-10-1-3-11(4-2-10)13(17)15-6-5-12-8-18-9-16-12/h1-4,8-9H,5-7H2,(H,15,17). The van der Waals surface area contributed by atoms with E-state index in [1.165, 1.54) is 0 Å². The number of carbonyl (C=O) groups excluding carboxylic acids is 1. The van der Waals surface area contributed by atoms with Crippen LogP contribution in [0.25, 0.3) is 0 Å². The lowest BCUT2D eigenvalue weighted by Gasteiger charge is -2.04. The van der Waals surface area contributed by atoms with Crippen molar-refractivity contribution in [2.45, 2.75) is 12.3 Å². The zero-order chi connectivity index (χ0) is 12.8. The molecule has 0 aliphatic heterocycles. The van der Waals surface area contributed by atoms with Crippen LogP contribution in [0.15, 0.2) is 35.2 Å². The zero-order valence-corrected chi connectivity index (χ0v) is 11.3. The van der Waals surface area contributed by atoms with Crippen LogP contribution >= 0.6 is 22.9 Å². The van der Waals surface area contributed by atoms with E-state index in [0.717, 1.165) is 17.7 Å². The van der Waals surface area contributed by atoms with Crippen molar-refractivity contribution in [1.29, 1.82) is 0 Å². The summed E-state index contributed by atoms with van der Waals surface area (Å²) in [6.07, 6.45) is 0.759. The van der Waals surface area contributed by atoms with Crippen molar-refractivity contribution in [2.24, 2.45) is 0 Å². The molecule has 0 aliphatic rings. The molecule has 0 fully saturated rings. The van der Waals surface area contributed by atoms with Gasteiger partial charge in [0.1, 0.15) is 0 Å². The Kier molecular flexibility index (Phi) is 4.73. The monoisotopic (exact) mass is 280 g/mol. The molecule has 1 N–H and O–H groups in total. The Morgan fingerprint density at radius 2 is 2.11 bits per heavy atom. The first kappa shape index (κ1) is 13.1. The molecule has 0 radical (unpaired) electrons. The number of hydrogen-bond acceptors (Lipinski definition) is 3. The summed E-state index contributed by atoms with van der Waals surface area (Å²) in [6.45, 7) is 0.597. The smallest absolute Gasteiger partial charge is 0.251 e. The first-order valence-corrected chi connectivity index (χ1v) is 7.07. The summed E-state index contributed by atoms with van der Waals surface area (Å²) in [7, 11) is 0. The van der Waals surface area contributed by atoms with Crippen LogP contribution in [-0.2, 0) is 12.3 Å². The molecule has 0 unspecified atom stereocenters. The van der Waals surface area contributed by atoms with E-state index in [1.54, 1.807) is 29.0 Å². The Morgan fingerprint density at radius 3 is 2.72 bits per heavy atom. The van der Waals surface area contributed by atoms with Crippen molar-refractivity contribution >= 4 is 28.8 Å². The second kappa shape index (κ2) is 6.52. The van der Waals surface area contributed by atoms with Crippen molar-refractivity contribution < 1.29 is 4.79 Å². The van der Waals surface area contributed by atoms with Gasteiger partial charge in [0.25, 0.3) is 5.91 Å². The van der Waals surface area contributed by atoms with Gasteiger partial charge in [0.2, 0.25) is 0 Å². The van der Waals surface area contributed by atoms with Gasteiger partial charge in [-0.15, -0.1) is 22.9 Å². The number of nitrogens with one attached hydrogen (secondary N) is 1. The zero-order valence-electron chi connectivity index (χ0n) is 9.73. The summed E-state index contributed by atoms with van der Waals surface area (Å²) in [5.74, 6) is 0.400. The van der Waals surface area contributed by atoms with Gasteiger partial charge >= 0.3 is 0 Å². The number of amides is 1. The minimum absolute atomic E-state index is 0.0636. The SMILES string of the molecule is O=C(NCCc1cscn1)c1ccc(CCl)cc1. The number of thiazole rings is 1. The van der Waals surface area contributed by atoms with E-state index in [4.69, 9.17) is 11.6 Å². The highest BCUT2D eigenvalue weighted by Crippen LogP contribution is 2.07. The summed E-state index contributed by atoms with van der Waals surface area (Å²) in [5.41, 5.74) is 4.47. The van der Waals surface area contributed by atoms with Gasteiger partial charge in [0, 0.05) is 29.8 Å². The van der Waals surface area contributed by atoms with Crippen LogP contribution in [0.5, 0.6) is 0 Å². The third-order valence-corrected chi connectivity index (χ3v) is 3.46. The number of carbonyl (C=O) groups is 1. The molecule has 5 heteroatoms. The highest BCUT2D eigenvalue weighted by Gasteiger charge is 2.04. The van der Waals surface area contributed by atoms with Gasteiger partial charge < -0.3 is 5.32 Å². The lowest BCUT2D eigenvalue weighted by Crippen LogP contribution is -2.25. The lowest BCUT2D eigenvalue weighted by atomic mass is 10.1. The van der Waals surface area contributed by atoms with Gasteiger partial charge in [-0.1, -0.05) is 12.1 Å². The third-order valence-electron chi connectivity index (χ3n) is 2.52. The highest BCUT2D eigenvalue weighted by molar-refractivity contribution is 7.07. The molecule has 0 saturated carbocycles. The minimum Gasteiger partial charge on any atom is -0.352 e. The van der Waals surface area contributed by atoms with Gasteiger partial charge in [-0.2, -0.15) is 0 Å². The molecule has 0 atom stereocenters. The molecular weight excluding hydrogens is 268 g/mol. The average molecular weight is 281 g/mol. The Hall–Kier alpha value is -1.39. The fourth-order valence-corrected chi connectivity index (χ4v) is 2.28. The first-order chi connectivity index (χ1) is 8.79. The number of hydrogen-bond donors (Lipinski definition) is 1. The van der Waals surface area contributed by atoms with Gasteiger partial charge in [0.05, 0.1) is 11.2 Å². The largest absolute Gasteiger partial charge is 0.352 e. The predicted molar refractivity (Wildman–Crippen MR) is 74.2 cm³/mol. The molecule has 0 spiro atoms. The lowest BCUT2D eigenvalue weighted by molar-refractivity contribution is 0.0954. The van der Waals surface area contributed by atoms with E-state index in [1.807, 2.05) is 17.5 Å². The molecule has 1 amide bonds. The summed E-state index contributed by atoms with van der Waals surface area (Å²) < 4.78 is 0. The van der Waals surface area contributed by atoms with Crippen LogP contribution in [0, 0.1) is 0 Å².